The van der Waals surface area contributed by atoms with Crippen LogP contribution in [0.3, 0.4) is 0 Å². The third-order valence-electron chi connectivity index (χ3n) is 4.07. The zero-order valence-corrected chi connectivity index (χ0v) is 17.4. The van der Waals surface area contributed by atoms with Crippen molar-refractivity contribution in [2.24, 2.45) is 5.10 Å². The van der Waals surface area contributed by atoms with E-state index in [-0.39, 0.29) is 11.2 Å². The molecule has 0 saturated heterocycles. The number of rotatable bonds is 4. The van der Waals surface area contributed by atoms with E-state index in [0.717, 1.165) is 15.9 Å². The minimum atomic E-state index is -0.391. The van der Waals surface area contributed by atoms with Gasteiger partial charge < -0.3 is 5.11 Å². The number of carbonyl (C=O) groups excluding carboxylic acids is 1. The lowest BCUT2D eigenvalue weighted by Gasteiger charge is -2.14. The first-order valence-electron chi connectivity index (χ1n) is 8.73. The highest BCUT2D eigenvalue weighted by molar-refractivity contribution is 9.10. The summed E-state index contributed by atoms with van der Waals surface area (Å²) in [7, 11) is 0. The summed E-state index contributed by atoms with van der Waals surface area (Å²) < 4.78 is 2.41. The molecule has 0 spiro atoms. The van der Waals surface area contributed by atoms with Crippen LogP contribution in [0, 0.1) is 0 Å². The number of benzene rings is 2. The molecule has 0 aliphatic rings. The summed E-state index contributed by atoms with van der Waals surface area (Å²) in [6.45, 7) is 6.13. The largest absolute Gasteiger partial charge is 0.507 e. The highest BCUT2D eigenvalue weighted by Gasteiger charge is 2.23. The zero-order valence-electron chi connectivity index (χ0n) is 15.8. The molecule has 0 aliphatic heterocycles. The Morgan fingerprint density at radius 3 is 2.57 bits per heavy atom. The standard InChI is InChI=1S/C21H21BrN4O2/c1-21(2,3)19-12-17(26(25-19)16-7-5-4-6-8-16)20(28)24-23-13-14-11-15(22)9-10-18(14)27/h4-13,27H,1-3H3,(H,24,28)/b23-13-. The first-order chi connectivity index (χ1) is 13.3. The van der Waals surface area contributed by atoms with Crippen molar-refractivity contribution in [1.82, 2.24) is 15.2 Å². The molecule has 0 radical (unpaired) electrons. The number of para-hydroxylation sites is 1. The Balaban J connectivity index is 1.89. The maximum absolute atomic E-state index is 12.8. The van der Waals surface area contributed by atoms with Crippen molar-refractivity contribution in [2.45, 2.75) is 26.2 Å². The van der Waals surface area contributed by atoms with E-state index >= 15 is 0 Å². The van der Waals surface area contributed by atoms with Crippen LogP contribution in [0.25, 0.3) is 5.69 Å². The van der Waals surface area contributed by atoms with Gasteiger partial charge in [-0.2, -0.15) is 10.2 Å². The molecule has 1 heterocycles. The Bertz CT molecular complexity index is 1020. The Kier molecular flexibility index (Phi) is 5.65. The Labute approximate surface area is 172 Å². The predicted molar refractivity (Wildman–Crippen MR) is 113 cm³/mol. The minimum absolute atomic E-state index is 0.0746. The summed E-state index contributed by atoms with van der Waals surface area (Å²) in [5, 5.41) is 18.5. The number of hydrazone groups is 1. The molecule has 28 heavy (non-hydrogen) atoms. The second-order valence-electron chi connectivity index (χ2n) is 7.31. The third-order valence-corrected chi connectivity index (χ3v) is 4.56. The van der Waals surface area contributed by atoms with E-state index in [4.69, 9.17) is 0 Å². The van der Waals surface area contributed by atoms with Crippen LogP contribution >= 0.6 is 15.9 Å². The minimum Gasteiger partial charge on any atom is -0.507 e. The van der Waals surface area contributed by atoms with Crippen LogP contribution in [0.5, 0.6) is 5.75 Å². The van der Waals surface area contributed by atoms with Crippen molar-refractivity contribution < 1.29 is 9.90 Å². The van der Waals surface area contributed by atoms with E-state index in [0.29, 0.717) is 11.3 Å². The maximum Gasteiger partial charge on any atom is 0.290 e. The number of nitrogens with zero attached hydrogens (tertiary/aromatic N) is 3. The molecule has 2 aromatic carbocycles. The summed E-state index contributed by atoms with van der Waals surface area (Å²) in [6, 6.07) is 16.2. The van der Waals surface area contributed by atoms with Gasteiger partial charge >= 0.3 is 0 Å². The van der Waals surface area contributed by atoms with Crippen LogP contribution in [0.2, 0.25) is 0 Å². The van der Waals surface area contributed by atoms with E-state index in [1.54, 1.807) is 28.9 Å². The van der Waals surface area contributed by atoms with E-state index in [2.05, 4.69) is 31.6 Å². The van der Waals surface area contributed by atoms with Gasteiger partial charge in [-0.25, -0.2) is 10.1 Å². The molecular formula is C21H21BrN4O2. The lowest BCUT2D eigenvalue weighted by atomic mass is 9.92. The fraction of sp³-hybridized carbons (Fsp3) is 0.190. The first-order valence-corrected chi connectivity index (χ1v) is 9.53. The van der Waals surface area contributed by atoms with Gasteiger partial charge in [0.05, 0.1) is 17.6 Å². The van der Waals surface area contributed by atoms with Gasteiger partial charge in [0.1, 0.15) is 11.4 Å². The average Bonchev–Trinajstić information content (AvgIpc) is 3.11. The molecule has 1 aromatic heterocycles. The molecule has 0 fully saturated rings. The van der Waals surface area contributed by atoms with Gasteiger partial charge in [0.25, 0.3) is 5.91 Å². The van der Waals surface area contributed by atoms with Gasteiger partial charge in [0.15, 0.2) is 0 Å². The summed E-state index contributed by atoms with van der Waals surface area (Å²) in [4.78, 5) is 12.8. The molecule has 0 saturated carbocycles. The molecule has 3 rings (SSSR count). The van der Waals surface area contributed by atoms with Crippen molar-refractivity contribution in [1.29, 1.82) is 0 Å². The molecule has 144 valence electrons. The van der Waals surface area contributed by atoms with Crippen LogP contribution in [0.4, 0.5) is 0 Å². The monoisotopic (exact) mass is 440 g/mol. The third kappa shape index (κ3) is 4.48. The molecule has 1 amide bonds. The van der Waals surface area contributed by atoms with E-state index in [9.17, 15) is 9.90 Å². The van der Waals surface area contributed by atoms with Crippen molar-refractivity contribution in [2.75, 3.05) is 0 Å². The highest BCUT2D eigenvalue weighted by atomic mass is 79.9. The quantitative estimate of drug-likeness (QED) is 0.465. The topological polar surface area (TPSA) is 79.5 Å². The average molecular weight is 441 g/mol. The van der Waals surface area contributed by atoms with Gasteiger partial charge in [0, 0.05) is 15.5 Å². The molecule has 6 nitrogen and oxygen atoms in total. The smallest absolute Gasteiger partial charge is 0.290 e. The molecule has 2 N–H and O–H groups in total. The zero-order chi connectivity index (χ0) is 20.3. The molecule has 0 unspecified atom stereocenters. The number of aromatic hydroxyl groups is 1. The molecule has 3 aromatic rings. The number of hydrogen-bond donors (Lipinski definition) is 2. The Morgan fingerprint density at radius 2 is 1.89 bits per heavy atom. The van der Waals surface area contributed by atoms with Gasteiger partial charge in [-0.1, -0.05) is 54.9 Å². The summed E-state index contributed by atoms with van der Waals surface area (Å²) in [5.41, 5.74) is 4.76. The first kappa shape index (κ1) is 19.8. The lowest BCUT2D eigenvalue weighted by molar-refractivity contribution is 0.0947. The van der Waals surface area contributed by atoms with Crippen LogP contribution in [-0.4, -0.2) is 27.0 Å². The van der Waals surface area contributed by atoms with Gasteiger partial charge in [0.2, 0.25) is 0 Å². The number of phenols is 1. The van der Waals surface area contributed by atoms with Gasteiger partial charge in [-0.05, 0) is 36.4 Å². The van der Waals surface area contributed by atoms with Crippen LogP contribution in [0.1, 0.15) is 42.5 Å². The number of amides is 1. The number of phenolic OH excluding ortho intramolecular Hbond substituents is 1. The summed E-state index contributed by atoms with van der Waals surface area (Å²) in [6.07, 6.45) is 1.39. The summed E-state index contributed by atoms with van der Waals surface area (Å²) in [5.74, 6) is -0.317. The van der Waals surface area contributed by atoms with Crippen LogP contribution in [0.15, 0.2) is 64.2 Å². The van der Waals surface area contributed by atoms with E-state index < -0.39 is 5.91 Å². The van der Waals surface area contributed by atoms with Crippen molar-refractivity contribution in [3.05, 3.63) is 76.0 Å². The second kappa shape index (κ2) is 7.98. The maximum atomic E-state index is 12.8. The molecular weight excluding hydrogens is 420 g/mol. The number of carbonyl (C=O) groups is 1. The van der Waals surface area contributed by atoms with Crippen molar-refractivity contribution in [3.63, 3.8) is 0 Å². The lowest BCUT2D eigenvalue weighted by Crippen LogP contribution is -2.21. The van der Waals surface area contributed by atoms with E-state index in [1.165, 1.54) is 6.21 Å². The van der Waals surface area contributed by atoms with Gasteiger partial charge in [-0.15, -0.1) is 0 Å². The molecule has 0 bridgehead atoms. The number of aromatic nitrogens is 2. The summed E-state index contributed by atoms with van der Waals surface area (Å²) >= 11 is 3.34. The van der Waals surface area contributed by atoms with E-state index in [1.807, 2.05) is 51.1 Å². The van der Waals surface area contributed by atoms with Crippen LogP contribution < -0.4 is 5.43 Å². The number of halogens is 1. The Hall–Kier alpha value is -2.93. The fourth-order valence-corrected chi connectivity index (χ4v) is 2.90. The SMILES string of the molecule is CC(C)(C)c1cc(C(=O)N/N=C\c2cc(Br)ccc2O)n(-c2ccccc2)n1. The van der Waals surface area contributed by atoms with Crippen molar-refractivity contribution in [3.8, 4) is 11.4 Å². The normalized spacial score (nSPS) is 11.7. The fourth-order valence-electron chi connectivity index (χ4n) is 2.52. The van der Waals surface area contributed by atoms with Crippen LogP contribution in [-0.2, 0) is 5.41 Å². The molecule has 0 atom stereocenters. The predicted octanol–water partition coefficient (Wildman–Crippen LogP) is 4.40. The number of nitrogens with one attached hydrogen (secondary N) is 1. The van der Waals surface area contributed by atoms with Crippen molar-refractivity contribution >= 4 is 28.1 Å². The second-order valence-corrected chi connectivity index (χ2v) is 8.23. The van der Waals surface area contributed by atoms with Gasteiger partial charge in [-0.3, -0.25) is 4.79 Å². The number of hydrogen-bond acceptors (Lipinski definition) is 4. The highest BCUT2D eigenvalue weighted by Crippen LogP contribution is 2.24. The molecule has 7 heteroatoms. The Morgan fingerprint density at radius 1 is 1.18 bits per heavy atom. The molecule has 0 aliphatic carbocycles.